The van der Waals surface area contributed by atoms with Crippen molar-refractivity contribution in [1.82, 2.24) is 5.06 Å². The Bertz CT molecular complexity index is 521. The van der Waals surface area contributed by atoms with E-state index >= 15 is 0 Å². The van der Waals surface area contributed by atoms with Gasteiger partial charge in [0.05, 0.1) is 5.56 Å². The minimum atomic E-state index is -0.775. The maximum Gasteiger partial charge on any atom is 0.313 e. The Morgan fingerprint density at radius 1 is 1.22 bits per heavy atom. The molecule has 5 heteroatoms. The number of nitrogens with zero attached hydrogens (tertiary/aromatic N) is 2. The topological polar surface area (TPSA) is 69.8 Å². The smallest absolute Gasteiger partial charge is 0.313 e. The van der Waals surface area contributed by atoms with Crippen LogP contribution < -0.4 is 0 Å². The molecule has 1 aromatic rings. The average molecular weight is 250 g/mol. The lowest BCUT2D eigenvalue weighted by Crippen LogP contribution is -2.53. The highest BCUT2D eigenvalue weighted by atomic mass is 16.5. The summed E-state index contributed by atoms with van der Waals surface area (Å²) in [4.78, 5) is 0. The summed E-state index contributed by atoms with van der Waals surface area (Å²) >= 11 is 0. The van der Waals surface area contributed by atoms with Gasteiger partial charge in [0.15, 0.2) is 5.54 Å². The van der Waals surface area contributed by atoms with E-state index in [1.54, 1.807) is 39.8 Å². The van der Waals surface area contributed by atoms with Crippen molar-refractivity contribution in [3.05, 3.63) is 35.0 Å². The Kier molecular flexibility index (Phi) is 2.55. The van der Waals surface area contributed by atoms with E-state index in [0.717, 1.165) is 9.80 Å². The van der Waals surface area contributed by atoms with Crippen LogP contribution in [0.25, 0.3) is 0 Å². The van der Waals surface area contributed by atoms with E-state index in [9.17, 15) is 15.5 Å². The van der Waals surface area contributed by atoms with Gasteiger partial charge in [-0.3, -0.25) is 4.74 Å². The minimum absolute atomic E-state index is 0.0595. The highest BCUT2D eigenvalue weighted by molar-refractivity contribution is 5.96. The van der Waals surface area contributed by atoms with Crippen LogP contribution in [-0.2, 0) is 0 Å². The van der Waals surface area contributed by atoms with Crippen molar-refractivity contribution in [3.8, 4) is 5.75 Å². The molecule has 98 valence electrons. The first-order valence-electron chi connectivity index (χ1n) is 5.82. The molecule has 18 heavy (non-hydrogen) atoms. The second kappa shape index (κ2) is 3.62. The average Bonchev–Trinajstić information content (AvgIpc) is 2.38. The van der Waals surface area contributed by atoms with Gasteiger partial charge in [-0.15, -0.1) is 5.06 Å². The number of hydrogen-bond acceptors (Lipinski definition) is 4. The maximum atomic E-state index is 12.4. The Hall–Kier alpha value is -1.75. The van der Waals surface area contributed by atoms with Crippen LogP contribution in [0.5, 0.6) is 5.75 Å². The summed E-state index contributed by atoms with van der Waals surface area (Å²) in [5.41, 5.74) is -1.01. The molecule has 2 N–H and O–H groups in total. The highest BCUT2D eigenvalue weighted by Gasteiger charge is 2.58. The third-order valence-electron chi connectivity index (χ3n) is 4.03. The molecular weight excluding hydrogens is 232 g/mol. The molecule has 2 rings (SSSR count). The van der Waals surface area contributed by atoms with Crippen molar-refractivity contribution in [2.75, 3.05) is 0 Å². The Morgan fingerprint density at radius 3 is 2.28 bits per heavy atom. The number of hydrogen-bond donors (Lipinski definition) is 2. The number of amidine groups is 1. The number of rotatable bonds is 1. The van der Waals surface area contributed by atoms with E-state index in [2.05, 4.69) is 0 Å². The molecule has 0 atom stereocenters. The summed E-state index contributed by atoms with van der Waals surface area (Å²) in [6.45, 7) is 7.15. The summed E-state index contributed by atoms with van der Waals surface area (Å²) in [6.07, 6.45) is 0. The molecule has 1 heterocycles. The van der Waals surface area contributed by atoms with E-state index in [1.807, 2.05) is 0 Å². The fraction of sp³-hybridized carbons (Fsp3) is 0.462. The Labute approximate surface area is 106 Å². The standard InChI is InChI=1S/C13H18N2O3/c1-12(2)13(3,4)15(18)11(14(12)17)9-6-5-7-10(16)8-9/h5-8,16-17H,1-4H3. The zero-order valence-electron chi connectivity index (χ0n) is 11.0. The predicted molar refractivity (Wildman–Crippen MR) is 67.6 cm³/mol. The normalized spacial score (nSPS) is 21.5. The molecule has 0 bridgehead atoms. The van der Waals surface area contributed by atoms with E-state index in [0.29, 0.717) is 5.56 Å². The van der Waals surface area contributed by atoms with Crippen molar-refractivity contribution < 1.29 is 15.1 Å². The highest BCUT2D eigenvalue weighted by Crippen LogP contribution is 2.37. The lowest BCUT2D eigenvalue weighted by atomic mass is 9.84. The number of hydroxylamine groups is 3. The number of benzene rings is 1. The van der Waals surface area contributed by atoms with Crippen molar-refractivity contribution in [2.45, 2.75) is 38.8 Å². The second-order valence-corrected chi connectivity index (χ2v) is 5.60. The van der Waals surface area contributed by atoms with Crippen LogP contribution in [-0.4, -0.2) is 37.0 Å². The molecule has 0 aliphatic carbocycles. The fourth-order valence-corrected chi connectivity index (χ4v) is 2.01. The van der Waals surface area contributed by atoms with Crippen LogP contribution in [0.4, 0.5) is 0 Å². The number of phenolic OH excluding ortho intramolecular Hbond substituents is 1. The summed E-state index contributed by atoms with van der Waals surface area (Å²) in [6, 6.07) is 6.30. The van der Waals surface area contributed by atoms with Gasteiger partial charge < -0.3 is 10.3 Å². The number of phenols is 1. The Balaban J connectivity index is 2.61. The summed E-state index contributed by atoms with van der Waals surface area (Å²) in [5, 5.41) is 33.1. The molecule has 0 unspecified atom stereocenters. The first-order chi connectivity index (χ1) is 8.19. The zero-order chi connectivity index (χ0) is 13.7. The molecule has 1 aliphatic rings. The van der Waals surface area contributed by atoms with Crippen molar-refractivity contribution in [1.29, 1.82) is 0 Å². The SMILES string of the molecule is CC1(C)N(O)C(c2cccc(O)c2)=[N+]([O-])C1(C)C. The summed E-state index contributed by atoms with van der Waals surface area (Å²) in [7, 11) is 0. The van der Waals surface area contributed by atoms with E-state index in [-0.39, 0.29) is 11.6 Å². The molecule has 0 saturated carbocycles. The van der Waals surface area contributed by atoms with E-state index in [1.165, 1.54) is 12.1 Å². The number of aromatic hydroxyl groups is 1. The van der Waals surface area contributed by atoms with Gasteiger partial charge in [0, 0.05) is 0 Å². The van der Waals surface area contributed by atoms with Gasteiger partial charge in [-0.1, -0.05) is 6.07 Å². The predicted octanol–water partition coefficient (Wildman–Crippen LogP) is 1.91. The van der Waals surface area contributed by atoms with Crippen molar-refractivity contribution >= 4 is 5.84 Å². The van der Waals surface area contributed by atoms with Gasteiger partial charge in [-0.05, 0) is 45.9 Å². The van der Waals surface area contributed by atoms with Gasteiger partial charge >= 0.3 is 5.84 Å². The third-order valence-corrected chi connectivity index (χ3v) is 4.03. The van der Waals surface area contributed by atoms with Crippen LogP contribution in [0, 0.1) is 5.21 Å². The molecule has 1 aromatic carbocycles. The van der Waals surface area contributed by atoms with Crippen LogP contribution in [0.3, 0.4) is 0 Å². The first-order valence-corrected chi connectivity index (χ1v) is 5.82. The largest absolute Gasteiger partial charge is 0.714 e. The van der Waals surface area contributed by atoms with Gasteiger partial charge in [0.1, 0.15) is 11.3 Å². The molecule has 0 fully saturated rings. The van der Waals surface area contributed by atoms with Gasteiger partial charge in [-0.2, -0.15) is 0 Å². The minimum Gasteiger partial charge on any atom is -0.714 e. The first kappa shape index (κ1) is 12.7. The van der Waals surface area contributed by atoms with Crippen LogP contribution in [0.15, 0.2) is 24.3 Å². The van der Waals surface area contributed by atoms with Crippen LogP contribution >= 0.6 is 0 Å². The second-order valence-electron chi connectivity index (χ2n) is 5.60. The van der Waals surface area contributed by atoms with Crippen molar-refractivity contribution in [3.63, 3.8) is 0 Å². The molecule has 0 amide bonds. The maximum absolute atomic E-state index is 12.4. The molecule has 0 radical (unpaired) electrons. The van der Waals surface area contributed by atoms with Crippen LogP contribution in [0.1, 0.15) is 33.3 Å². The molecule has 0 spiro atoms. The summed E-state index contributed by atoms with van der Waals surface area (Å²) < 4.78 is 0.793. The monoisotopic (exact) mass is 250 g/mol. The zero-order valence-corrected chi connectivity index (χ0v) is 11.0. The van der Waals surface area contributed by atoms with E-state index in [4.69, 9.17) is 0 Å². The molecule has 5 nitrogen and oxygen atoms in total. The lowest BCUT2D eigenvalue weighted by molar-refractivity contribution is -0.539. The third kappa shape index (κ3) is 1.47. The van der Waals surface area contributed by atoms with E-state index < -0.39 is 11.1 Å². The van der Waals surface area contributed by atoms with Crippen LogP contribution in [0.2, 0.25) is 0 Å². The van der Waals surface area contributed by atoms with Gasteiger partial charge in [-0.25, -0.2) is 5.21 Å². The quantitative estimate of drug-likeness (QED) is 0.590. The van der Waals surface area contributed by atoms with Gasteiger partial charge in [0.25, 0.3) is 0 Å². The lowest BCUT2D eigenvalue weighted by Gasteiger charge is -2.33. The summed E-state index contributed by atoms with van der Waals surface area (Å²) in [5.74, 6) is 0.213. The Morgan fingerprint density at radius 2 is 1.83 bits per heavy atom. The molecule has 0 saturated heterocycles. The van der Waals surface area contributed by atoms with Gasteiger partial charge in [0.2, 0.25) is 0 Å². The molecule has 1 aliphatic heterocycles. The molecule has 0 aromatic heterocycles. The fourth-order valence-electron chi connectivity index (χ4n) is 2.01. The molecular formula is C13H18N2O3. The van der Waals surface area contributed by atoms with Crippen molar-refractivity contribution in [2.24, 2.45) is 0 Å².